The van der Waals surface area contributed by atoms with E-state index >= 15 is 0 Å². The summed E-state index contributed by atoms with van der Waals surface area (Å²) in [6.07, 6.45) is 1.22. The van der Waals surface area contributed by atoms with E-state index in [0.717, 1.165) is 5.56 Å². The second-order valence-corrected chi connectivity index (χ2v) is 5.37. The first-order valence-electron chi connectivity index (χ1n) is 6.18. The molecule has 2 atom stereocenters. The Kier molecular flexibility index (Phi) is 3.80. The van der Waals surface area contributed by atoms with Crippen molar-refractivity contribution in [2.24, 2.45) is 11.8 Å². The normalized spacial score (nSPS) is 21.6. The van der Waals surface area contributed by atoms with Gasteiger partial charge in [-0.15, -0.1) is 0 Å². The summed E-state index contributed by atoms with van der Waals surface area (Å²) >= 11 is 6.04. The van der Waals surface area contributed by atoms with Crippen LogP contribution in [-0.2, 0) is 9.59 Å². The standard InChI is InChI=1S/C14H16ClNO3/c1-8-3-4-9(7-12(8)15)16(2)13(17)10-5-6-11(10)14(18)19/h3-4,7,10-11H,5-6H2,1-2H3,(H,18,19). The van der Waals surface area contributed by atoms with Crippen LogP contribution in [0.2, 0.25) is 5.02 Å². The van der Waals surface area contributed by atoms with Gasteiger partial charge in [0.05, 0.1) is 11.8 Å². The lowest BCUT2D eigenvalue weighted by Crippen LogP contribution is -2.44. The van der Waals surface area contributed by atoms with Gasteiger partial charge in [-0.3, -0.25) is 9.59 Å². The molecular weight excluding hydrogens is 266 g/mol. The summed E-state index contributed by atoms with van der Waals surface area (Å²) < 4.78 is 0. The molecule has 0 spiro atoms. The molecule has 4 nitrogen and oxygen atoms in total. The van der Waals surface area contributed by atoms with Gasteiger partial charge in [-0.1, -0.05) is 17.7 Å². The molecule has 0 heterocycles. The van der Waals surface area contributed by atoms with Gasteiger partial charge in [0.1, 0.15) is 0 Å². The quantitative estimate of drug-likeness (QED) is 0.927. The molecule has 1 aromatic rings. The van der Waals surface area contributed by atoms with E-state index in [2.05, 4.69) is 0 Å². The Bertz CT molecular complexity index is 529. The maximum Gasteiger partial charge on any atom is 0.307 e. The molecule has 19 heavy (non-hydrogen) atoms. The number of carbonyl (C=O) groups is 2. The van der Waals surface area contributed by atoms with Crippen LogP contribution in [0.3, 0.4) is 0 Å². The Morgan fingerprint density at radius 1 is 1.32 bits per heavy atom. The zero-order valence-corrected chi connectivity index (χ0v) is 11.6. The molecule has 1 amide bonds. The van der Waals surface area contributed by atoms with Gasteiger partial charge in [0, 0.05) is 17.8 Å². The first-order valence-corrected chi connectivity index (χ1v) is 6.56. The van der Waals surface area contributed by atoms with Crippen molar-refractivity contribution in [3.63, 3.8) is 0 Å². The van der Waals surface area contributed by atoms with Gasteiger partial charge in [-0.05, 0) is 37.5 Å². The fraction of sp³-hybridized carbons (Fsp3) is 0.429. The molecule has 1 fully saturated rings. The van der Waals surface area contributed by atoms with Gasteiger partial charge in [0.25, 0.3) is 0 Å². The predicted octanol–water partition coefficient (Wildman–Crippen LogP) is 2.72. The SMILES string of the molecule is Cc1ccc(N(C)C(=O)C2CCC2C(=O)O)cc1Cl. The number of aryl methyl sites for hydroxylation is 1. The van der Waals surface area contributed by atoms with Crippen molar-refractivity contribution >= 4 is 29.2 Å². The molecule has 1 aliphatic carbocycles. The van der Waals surface area contributed by atoms with Crippen molar-refractivity contribution in [2.45, 2.75) is 19.8 Å². The highest BCUT2D eigenvalue weighted by molar-refractivity contribution is 6.31. The van der Waals surface area contributed by atoms with Crippen molar-refractivity contribution < 1.29 is 14.7 Å². The Morgan fingerprint density at radius 2 is 1.95 bits per heavy atom. The third kappa shape index (κ3) is 2.59. The van der Waals surface area contributed by atoms with E-state index in [9.17, 15) is 9.59 Å². The molecule has 0 bridgehead atoms. The van der Waals surface area contributed by atoms with E-state index in [0.29, 0.717) is 23.6 Å². The molecular formula is C14H16ClNO3. The zero-order valence-electron chi connectivity index (χ0n) is 10.9. The smallest absolute Gasteiger partial charge is 0.307 e. The van der Waals surface area contributed by atoms with Crippen molar-refractivity contribution in [2.75, 3.05) is 11.9 Å². The minimum atomic E-state index is -0.889. The molecule has 0 radical (unpaired) electrons. The molecule has 1 N–H and O–H groups in total. The van der Waals surface area contributed by atoms with Crippen LogP contribution >= 0.6 is 11.6 Å². The number of carboxylic acid groups (broad SMARTS) is 1. The fourth-order valence-corrected chi connectivity index (χ4v) is 2.43. The summed E-state index contributed by atoms with van der Waals surface area (Å²) in [7, 11) is 1.65. The minimum absolute atomic E-state index is 0.154. The van der Waals surface area contributed by atoms with Crippen LogP contribution < -0.4 is 4.90 Å². The van der Waals surface area contributed by atoms with Gasteiger partial charge in [-0.25, -0.2) is 0 Å². The van der Waals surface area contributed by atoms with Crippen molar-refractivity contribution in [1.82, 2.24) is 0 Å². The Labute approximate surface area is 117 Å². The largest absolute Gasteiger partial charge is 0.481 e. The number of carbonyl (C=O) groups excluding carboxylic acids is 1. The number of aliphatic carboxylic acids is 1. The zero-order chi connectivity index (χ0) is 14.2. The molecule has 102 valence electrons. The molecule has 2 rings (SSSR count). The van der Waals surface area contributed by atoms with Gasteiger partial charge < -0.3 is 10.0 Å². The van der Waals surface area contributed by atoms with Crippen LogP contribution in [0.15, 0.2) is 18.2 Å². The molecule has 0 saturated heterocycles. The van der Waals surface area contributed by atoms with Crippen LogP contribution in [0.4, 0.5) is 5.69 Å². The first kappa shape index (κ1) is 13.9. The van der Waals surface area contributed by atoms with Crippen LogP contribution in [0, 0.1) is 18.8 Å². The highest BCUT2D eigenvalue weighted by Crippen LogP contribution is 2.36. The number of hydrogen-bond donors (Lipinski definition) is 1. The molecule has 5 heteroatoms. The molecule has 1 saturated carbocycles. The van der Waals surface area contributed by atoms with Crippen molar-refractivity contribution in [3.05, 3.63) is 28.8 Å². The van der Waals surface area contributed by atoms with E-state index in [-0.39, 0.29) is 5.91 Å². The fourth-order valence-electron chi connectivity index (χ4n) is 2.26. The number of halogens is 1. The van der Waals surface area contributed by atoms with Gasteiger partial charge in [0.2, 0.25) is 5.91 Å². The van der Waals surface area contributed by atoms with E-state index in [1.807, 2.05) is 19.1 Å². The summed E-state index contributed by atoms with van der Waals surface area (Å²) in [6.45, 7) is 1.89. The molecule has 1 aromatic carbocycles. The first-order chi connectivity index (χ1) is 8.91. The highest BCUT2D eigenvalue weighted by Gasteiger charge is 2.42. The number of rotatable bonds is 3. The number of amides is 1. The van der Waals surface area contributed by atoms with Crippen molar-refractivity contribution in [3.8, 4) is 0 Å². The number of anilines is 1. The molecule has 2 unspecified atom stereocenters. The summed E-state index contributed by atoms with van der Waals surface area (Å²) in [5.74, 6) is -2.00. The molecule has 1 aliphatic rings. The van der Waals surface area contributed by atoms with E-state index in [1.54, 1.807) is 13.1 Å². The maximum absolute atomic E-state index is 12.3. The summed E-state index contributed by atoms with van der Waals surface area (Å²) in [4.78, 5) is 24.7. The monoisotopic (exact) mass is 281 g/mol. The van der Waals surface area contributed by atoms with Gasteiger partial charge >= 0.3 is 5.97 Å². The highest BCUT2D eigenvalue weighted by atomic mass is 35.5. The summed E-state index contributed by atoms with van der Waals surface area (Å²) in [5.41, 5.74) is 1.63. The maximum atomic E-state index is 12.3. The Hall–Kier alpha value is -1.55. The average Bonchev–Trinajstić information content (AvgIpc) is 2.29. The second-order valence-electron chi connectivity index (χ2n) is 4.96. The third-order valence-electron chi connectivity index (χ3n) is 3.78. The Balaban J connectivity index is 2.15. The number of hydrogen-bond acceptors (Lipinski definition) is 2. The lowest BCUT2D eigenvalue weighted by molar-refractivity contribution is -0.151. The lowest BCUT2D eigenvalue weighted by Gasteiger charge is -2.35. The van der Waals surface area contributed by atoms with Gasteiger partial charge in [-0.2, -0.15) is 0 Å². The summed E-state index contributed by atoms with van der Waals surface area (Å²) in [6, 6.07) is 5.38. The Morgan fingerprint density at radius 3 is 2.42 bits per heavy atom. The minimum Gasteiger partial charge on any atom is -0.481 e. The van der Waals surface area contributed by atoms with Crippen molar-refractivity contribution in [1.29, 1.82) is 0 Å². The van der Waals surface area contributed by atoms with E-state index in [4.69, 9.17) is 16.7 Å². The predicted molar refractivity (Wildman–Crippen MR) is 73.4 cm³/mol. The van der Waals surface area contributed by atoms with Crippen LogP contribution in [0.1, 0.15) is 18.4 Å². The van der Waals surface area contributed by atoms with E-state index < -0.39 is 17.8 Å². The van der Waals surface area contributed by atoms with Gasteiger partial charge in [0.15, 0.2) is 0 Å². The average molecular weight is 282 g/mol. The number of nitrogens with zero attached hydrogens (tertiary/aromatic N) is 1. The van der Waals surface area contributed by atoms with Crippen LogP contribution in [0.5, 0.6) is 0 Å². The van der Waals surface area contributed by atoms with Crippen LogP contribution in [-0.4, -0.2) is 24.0 Å². The third-order valence-corrected chi connectivity index (χ3v) is 4.19. The number of benzene rings is 1. The van der Waals surface area contributed by atoms with Crippen LogP contribution in [0.25, 0.3) is 0 Å². The number of carboxylic acids is 1. The second kappa shape index (κ2) is 5.21. The van der Waals surface area contributed by atoms with E-state index in [1.165, 1.54) is 4.90 Å². The summed E-state index contributed by atoms with van der Waals surface area (Å²) in [5, 5.41) is 9.59. The topological polar surface area (TPSA) is 57.6 Å². The molecule has 0 aliphatic heterocycles. The molecule has 0 aromatic heterocycles. The lowest BCUT2D eigenvalue weighted by atomic mass is 9.73.